The van der Waals surface area contributed by atoms with E-state index in [-0.39, 0.29) is 0 Å². The normalized spacial score (nSPS) is 11.6. The second-order valence-electron chi connectivity index (χ2n) is 5.56. The zero-order valence-electron chi connectivity index (χ0n) is 12.9. The van der Waals surface area contributed by atoms with Gasteiger partial charge in [-0.15, -0.1) is 0 Å². The molecule has 2 aromatic heterocycles. The van der Waals surface area contributed by atoms with E-state index in [1.54, 1.807) is 0 Å². The van der Waals surface area contributed by atoms with E-state index in [2.05, 4.69) is 53.1 Å². The first kappa shape index (κ1) is 15.0. The number of hydrogen-bond donors (Lipinski definition) is 1. The van der Waals surface area contributed by atoms with Crippen LogP contribution in [0.3, 0.4) is 0 Å². The average Bonchev–Trinajstić information content (AvgIpc) is 2.78. The van der Waals surface area contributed by atoms with Crippen molar-refractivity contribution >= 4 is 11.0 Å². The molecule has 0 spiro atoms. The highest BCUT2D eigenvalue weighted by Gasteiger charge is 2.08. The third-order valence-corrected chi connectivity index (χ3v) is 3.46. The van der Waals surface area contributed by atoms with Gasteiger partial charge in [0.1, 0.15) is 5.65 Å². The molecular weight excluding hydrogens is 248 g/mol. The van der Waals surface area contributed by atoms with Crippen LogP contribution in [0.2, 0.25) is 0 Å². The van der Waals surface area contributed by atoms with E-state index in [0.29, 0.717) is 0 Å². The van der Waals surface area contributed by atoms with Crippen LogP contribution in [-0.4, -0.2) is 41.6 Å². The zero-order valence-corrected chi connectivity index (χ0v) is 12.9. The average molecular weight is 274 g/mol. The molecule has 4 nitrogen and oxygen atoms in total. The molecule has 0 aliphatic carbocycles. The van der Waals surface area contributed by atoms with E-state index in [1.807, 2.05) is 12.3 Å². The van der Waals surface area contributed by atoms with E-state index >= 15 is 0 Å². The minimum atomic E-state index is 0.927. The molecule has 0 atom stereocenters. The SMILES string of the molecule is CCCNCc1cn(CCCN(C)C)c2ncccc12. The lowest BCUT2D eigenvalue weighted by Crippen LogP contribution is -2.15. The van der Waals surface area contributed by atoms with Gasteiger partial charge in [0.15, 0.2) is 0 Å². The minimum absolute atomic E-state index is 0.927. The van der Waals surface area contributed by atoms with Crippen LogP contribution in [0.25, 0.3) is 11.0 Å². The Morgan fingerprint density at radius 3 is 2.95 bits per heavy atom. The van der Waals surface area contributed by atoms with Crippen molar-refractivity contribution < 1.29 is 0 Å². The molecule has 4 heteroatoms. The van der Waals surface area contributed by atoms with Crippen LogP contribution in [0.5, 0.6) is 0 Å². The lowest BCUT2D eigenvalue weighted by molar-refractivity contribution is 0.387. The fourth-order valence-corrected chi connectivity index (χ4v) is 2.46. The number of nitrogens with zero attached hydrogens (tertiary/aromatic N) is 3. The van der Waals surface area contributed by atoms with Gasteiger partial charge in [-0.2, -0.15) is 0 Å². The summed E-state index contributed by atoms with van der Waals surface area (Å²) in [6.07, 6.45) is 6.46. The van der Waals surface area contributed by atoms with E-state index in [4.69, 9.17) is 0 Å². The van der Waals surface area contributed by atoms with Crippen molar-refractivity contribution in [3.05, 3.63) is 30.1 Å². The van der Waals surface area contributed by atoms with Crippen molar-refractivity contribution in [1.29, 1.82) is 0 Å². The third-order valence-electron chi connectivity index (χ3n) is 3.46. The first-order valence-corrected chi connectivity index (χ1v) is 7.50. The van der Waals surface area contributed by atoms with Crippen LogP contribution in [0, 0.1) is 0 Å². The smallest absolute Gasteiger partial charge is 0.140 e. The quantitative estimate of drug-likeness (QED) is 0.751. The molecule has 1 N–H and O–H groups in total. The zero-order chi connectivity index (χ0) is 14.4. The molecule has 0 radical (unpaired) electrons. The molecule has 2 rings (SSSR count). The van der Waals surface area contributed by atoms with Crippen molar-refractivity contribution in [2.75, 3.05) is 27.2 Å². The Balaban J connectivity index is 2.13. The van der Waals surface area contributed by atoms with Gasteiger partial charge in [-0.05, 0) is 57.7 Å². The molecule has 0 aromatic carbocycles. The molecule has 2 aromatic rings. The predicted molar refractivity (Wildman–Crippen MR) is 84.9 cm³/mol. The maximum Gasteiger partial charge on any atom is 0.140 e. The van der Waals surface area contributed by atoms with Crippen molar-refractivity contribution in [2.45, 2.75) is 32.9 Å². The van der Waals surface area contributed by atoms with Gasteiger partial charge in [0, 0.05) is 30.9 Å². The van der Waals surface area contributed by atoms with Crippen LogP contribution in [0.15, 0.2) is 24.5 Å². The van der Waals surface area contributed by atoms with Crippen molar-refractivity contribution in [3.8, 4) is 0 Å². The Morgan fingerprint density at radius 1 is 1.35 bits per heavy atom. The highest BCUT2D eigenvalue weighted by atomic mass is 15.1. The van der Waals surface area contributed by atoms with Gasteiger partial charge in [0.25, 0.3) is 0 Å². The second kappa shape index (κ2) is 7.41. The highest BCUT2D eigenvalue weighted by molar-refractivity contribution is 5.80. The predicted octanol–water partition coefficient (Wildman–Crippen LogP) is 2.49. The maximum absolute atomic E-state index is 4.55. The van der Waals surface area contributed by atoms with Gasteiger partial charge in [-0.25, -0.2) is 4.98 Å². The largest absolute Gasteiger partial charge is 0.332 e. The number of aromatic nitrogens is 2. The van der Waals surface area contributed by atoms with E-state index in [9.17, 15) is 0 Å². The Kier molecular flexibility index (Phi) is 5.56. The third kappa shape index (κ3) is 3.81. The molecule has 2 heterocycles. The Hall–Kier alpha value is -1.39. The summed E-state index contributed by atoms with van der Waals surface area (Å²) in [5.41, 5.74) is 2.46. The molecule has 0 fully saturated rings. The van der Waals surface area contributed by atoms with Gasteiger partial charge in [0.05, 0.1) is 0 Å². The minimum Gasteiger partial charge on any atom is -0.332 e. The number of nitrogens with one attached hydrogen (secondary N) is 1. The van der Waals surface area contributed by atoms with Gasteiger partial charge in [-0.3, -0.25) is 0 Å². The van der Waals surface area contributed by atoms with E-state index < -0.39 is 0 Å². The second-order valence-corrected chi connectivity index (χ2v) is 5.56. The molecule has 20 heavy (non-hydrogen) atoms. The molecule has 110 valence electrons. The highest BCUT2D eigenvalue weighted by Crippen LogP contribution is 2.19. The van der Waals surface area contributed by atoms with Crippen molar-refractivity contribution in [2.24, 2.45) is 0 Å². The van der Waals surface area contributed by atoms with Crippen LogP contribution in [0.4, 0.5) is 0 Å². The molecule has 0 saturated heterocycles. The summed E-state index contributed by atoms with van der Waals surface area (Å²) in [7, 11) is 4.23. The topological polar surface area (TPSA) is 33.1 Å². The fourth-order valence-electron chi connectivity index (χ4n) is 2.46. The number of pyridine rings is 1. The molecule has 0 amide bonds. The summed E-state index contributed by atoms with van der Waals surface area (Å²) in [6.45, 7) is 6.32. The number of aryl methyl sites for hydroxylation is 1. The molecule has 0 aliphatic rings. The van der Waals surface area contributed by atoms with Gasteiger partial charge in [-0.1, -0.05) is 6.92 Å². The molecule has 0 unspecified atom stereocenters. The number of hydrogen-bond acceptors (Lipinski definition) is 3. The fraction of sp³-hybridized carbons (Fsp3) is 0.562. The first-order valence-electron chi connectivity index (χ1n) is 7.50. The Morgan fingerprint density at radius 2 is 2.20 bits per heavy atom. The Labute approximate surface area is 121 Å². The first-order chi connectivity index (χ1) is 9.72. The van der Waals surface area contributed by atoms with Gasteiger partial charge < -0.3 is 14.8 Å². The van der Waals surface area contributed by atoms with Crippen LogP contribution < -0.4 is 5.32 Å². The van der Waals surface area contributed by atoms with Gasteiger partial charge in [0.2, 0.25) is 0 Å². The molecule has 0 bridgehead atoms. The Bertz CT molecular complexity index is 530. The maximum atomic E-state index is 4.55. The molecule has 0 aliphatic heterocycles. The van der Waals surface area contributed by atoms with Crippen LogP contribution >= 0.6 is 0 Å². The summed E-state index contributed by atoms with van der Waals surface area (Å²) in [5, 5.41) is 4.76. The van der Waals surface area contributed by atoms with E-state index in [0.717, 1.165) is 38.2 Å². The van der Waals surface area contributed by atoms with Crippen LogP contribution in [0.1, 0.15) is 25.3 Å². The number of fused-ring (bicyclic) bond motifs is 1. The number of rotatable bonds is 8. The molecular formula is C16H26N4. The van der Waals surface area contributed by atoms with Crippen molar-refractivity contribution in [3.63, 3.8) is 0 Å². The lowest BCUT2D eigenvalue weighted by Gasteiger charge is -2.09. The standard InChI is InChI=1S/C16H26N4/c1-4-8-17-12-14-13-20(11-6-10-19(2)3)16-15(14)7-5-9-18-16/h5,7,9,13,17H,4,6,8,10-12H2,1-3H3. The monoisotopic (exact) mass is 274 g/mol. The molecule has 0 saturated carbocycles. The van der Waals surface area contributed by atoms with Crippen LogP contribution in [-0.2, 0) is 13.1 Å². The summed E-state index contributed by atoms with van der Waals surface area (Å²) >= 11 is 0. The van der Waals surface area contributed by atoms with Crippen molar-refractivity contribution in [1.82, 2.24) is 19.8 Å². The van der Waals surface area contributed by atoms with Gasteiger partial charge >= 0.3 is 0 Å². The summed E-state index contributed by atoms with van der Waals surface area (Å²) in [4.78, 5) is 6.77. The lowest BCUT2D eigenvalue weighted by atomic mass is 10.2. The summed E-state index contributed by atoms with van der Waals surface area (Å²) in [5.74, 6) is 0. The summed E-state index contributed by atoms with van der Waals surface area (Å²) < 4.78 is 2.29. The summed E-state index contributed by atoms with van der Waals surface area (Å²) in [6, 6.07) is 4.20. The van der Waals surface area contributed by atoms with E-state index in [1.165, 1.54) is 17.4 Å².